The van der Waals surface area contributed by atoms with Crippen LogP contribution in [0.1, 0.15) is 12.0 Å². The number of rotatable bonds is 5. The zero-order valence-electron chi connectivity index (χ0n) is 11.7. The molecule has 2 amide bonds. The highest BCUT2D eigenvalue weighted by atomic mass is 16.5. The number of carbonyl (C=O) groups is 2. The van der Waals surface area contributed by atoms with Gasteiger partial charge in [0.15, 0.2) is 0 Å². The Morgan fingerprint density at radius 3 is 2.40 bits per heavy atom. The van der Waals surface area contributed by atoms with Gasteiger partial charge < -0.3 is 14.5 Å². The van der Waals surface area contributed by atoms with Crippen LogP contribution in [0.15, 0.2) is 24.3 Å². The summed E-state index contributed by atoms with van der Waals surface area (Å²) in [6.45, 7) is 2.55. The van der Waals surface area contributed by atoms with Gasteiger partial charge >= 0.3 is 0 Å². The highest BCUT2D eigenvalue weighted by Crippen LogP contribution is 2.13. The average Bonchev–Trinajstić information content (AvgIpc) is 2.53. The Kier molecular flexibility index (Phi) is 4.98. The Morgan fingerprint density at radius 1 is 1.20 bits per heavy atom. The molecule has 1 fully saturated rings. The molecular weight excluding hydrogens is 256 g/mol. The van der Waals surface area contributed by atoms with Gasteiger partial charge in [0.2, 0.25) is 12.3 Å². The molecule has 2 rings (SSSR count). The van der Waals surface area contributed by atoms with Gasteiger partial charge in [-0.25, -0.2) is 0 Å². The monoisotopic (exact) mass is 276 g/mol. The van der Waals surface area contributed by atoms with Crippen LogP contribution in [-0.4, -0.2) is 55.4 Å². The van der Waals surface area contributed by atoms with Crippen molar-refractivity contribution in [2.24, 2.45) is 0 Å². The van der Waals surface area contributed by atoms with Crippen molar-refractivity contribution < 1.29 is 14.3 Å². The predicted molar refractivity (Wildman–Crippen MR) is 75.5 cm³/mol. The van der Waals surface area contributed by atoms with Gasteiger partial charge in [0, 0.05) is 32.6 Å². The fraction of sp³-hybridized carbons (Fsp3) is 0.467. The maximum atomic E-state index is 12.1. The van der Waals surface area contributed by atoms with Gasteiger partial charge in [-0.15, -0.1) is 0 Å². The smallest absolute Gasteiger partial charge is 0.223 e. The van der Waals surface area contributed by atoms with E-state index in [0.29, 0.717) is 32.6 Å². The molecule has 0 atom stereocenters. The predicted octanol–water partition coefficient (Wildman–Crippen LogP) is 0.928. The fourth-order valence-corrected chi connectivity index (χ4v) is 2.28. The molecule has 5 nitrogen and oxygen atoms in total. The molecule has 1 saturated heterocycles. The summed E-state index contributed by atoms with van der Waals surface area (Å²) >= 11 is 0. The van der Waals surface area contributed by atoms with Crippen LogP contribution in [0.3, 0.4) is 0 Å². The molecule has 0 spiro atoms. The van der Waals surface area contributed by atoms with Crippen molar-refractivity contribution in [1.29, 1.82) is 0 Å². The van der Waals surface area contributed by atoms with Crippen LogP contribution in [-0.2, 0) is 16.0 Å². The second-order valence-corrected chi connectivity index (χ2v) is 4.87. The van der Waals surface area contributed by atoms with E-state index in [2.05, 4.69) is 0 Å². The molecular formula is C15H20N2O3. The molecule has 0 bridgehead atoms. The molecule has 1 aliphatic rings. The molecule has 1 aliphatic heterocycles. The van der Waals surface area contributed by atoms with E-state index in [-0.39, 0.29) is 5.91 Å². The summed E-state index contributed by atoms with van der Waals surface area (Å²) in [6, 6.07) is 7.78. The third-order valence-corrected chi connectivity index (χ3v) is 3.60. The van der Waals surface area contributed by atoms with Crippen molar-refractivity contribution in [3.05, 3.63) is 29.8 Å². The van der Waals surface area contributed by atoms with Crippen molar-refractivity contribution in [2.45, 2.75) is 12.8 Å². The molecule has 5 heteroatoms. The van der Waals surface area contributed by atoms with E-state index in [1.807, 2.05) is 29.2 Å². The molecule has 0 radical (unpaired) electrons. The molecule has 1 heterocycles. The number of hydrogen-bond acceptors (Lipinski definition) is 3. The van der Waals surface area contributed by atoms with Crippen LogP contribution in [0.4, 0.5) is 0 Å². The van der Waals surface area contributed by atoms with E-state index < -0.39 is 0 Å². The topological polar surface area (TPSA) is 49.9 Å². The standard InChI is InChI=1S/C15H20N2O3/c1-20-14-5-2-13(3-6-14)4-7-15(19)17-10-8-16(12-18)9-11-17/h2-3,5-6,12H,4,7-11H2,1H3. The Bertz CT molecular complexity index is 451. The van der Waals surface area contributed by atoms with E-state index in [0.717, 1.165) is 24.1 Å². The van der Waals surface area contributed by atoms with Crippen molar-refractivity contribution >= 4 is 12.3 Å². The Hall–Kier alpha value is -2.04. The van der Waals surface area contributed by atoms with E-state index in [1.54, 1.807) is 12.0 Å². The van der Waals surface area contributed by atoms with E-state index in [4.69, 9.17) is 4.74 Å². The Labute approximate surface area is 119 Å². The first kappa shape index (κ1) is 14.4. The van der Waals surface area contributed by atoms with E-state index in [9.17, 15) is 9.59 Å². The lowest BCUT2D eigenvalue weighted by Gasteiger charge is -2.32. The maximum absolute atomic E-state index is 12.1. The maximum Gasteiger partial charge on any atom is 0.223 e. The highest BCUT2D eigenvalue weighted by molar-refractivity contribution is 5.76. The fourth-order valence-electron chi connectivity index (χ4n) is 2.28. The summed E-state index contributed by atoms with van der Waals surface area (Å²) in [7, 11) is 1.64. The van der Waals surface area contributed by atoms with Crippen molar-refractivity contribution in [1.82, 2.24) is 9.80 Å². The lowest BCUT2D eigenvalue weighted by molar-refractivity contribution is -0.135. The van der Waals surface area contributed by atoms with Crippen LogP contribution in [0.2, 0.25) is 0 Å². The minimum atomic E-state index is 0.159. The Balaban J connectivity index is 1.78. The third-order valence-electron chi connectivity index (χ3n) is 3.60. The summed E-state index contributed by atoms with van der Waals surface area (Å²) < 4.78 is 5.10. The van der Waals surface area contributed by atoms with Crippen LogP contribution < -0.4 is 4.74 Å². The quantitative estimate of drug-likeness (QED) is 0.752. The van der Waals surface area contributed by atoms with Crippen LogP contribution in [0.5, 0.6) is 5.75 Å². The number of ether oxygens (including phenoxy) is 1. The third kappa shape index (κ3) is 3.73. The van der Waals surface area contributed by atoms with E-state index >= 15 is 0 Å². The molecule has 0 N–H and O–H groups in total. The summed E-state index contributed by atoms with van der Waals surface area (Å²) in [5.41, 5.74) is 1.13. The minimum Gasteiger partial charge on any atom is -0.497 e. The van der Waals surface area contributed by atoms with Gasteiger partial charge in [-0.2, -0.15) is 0 Å². The van der Waals surface area contributed by atoms with Crippen LogP contribution in [0.25, 0.3) is 0 Å². The van der Waals surface area contributed by atoms with Crippen molar-refractivity contribution in [3.63, 3.8) is 0 Å². The van der Waals surface area contributed by atoms with Crippen LogP contribution in [0, 0.1) is 0 Å². The number of amides is 2. The lowest BCUT2D eigenvalue weighted by atomic mass is 10.1. The van der Waals surface area contributed by atoms with Gasteiger partial charge in [0.05, 0.1) is 7.11 Å². The van der Waals surface area contributed by atoms with E-state index in [1.165, 1.54) is 0 Å². The molecule has 20 heavy (non-hydrogen) atoms. The molecule has 0 aromatic heterocycles. The Morgan fingerprint density at radius 2 is 1.85 bits per heavy atom. The molecule has 1 aromatic rings. The van der Waals surface area contributed by atoms with Gasteiger partial charge in [0.1, 0.15) is 5.75 Å². The minimum absolute atomic E-state index is 0.159. The first-order valence-electron chi connectivity index (χ1n) is 6.83. The molecule has 1 aromatic carbocycles. The molecule has 0 aliphatic carbocycles. The van der Waals surface area contributed by atoms with Gasteiger partial charge in [-0.05, 0) is 24.1 Å². The number of benzene rings is 1. The summed E-state index contributed by atoms with van der Waals surface area (Å²) in [5.74, 6) is 0.983. The zero-order chi connectivity index (χ0) is 14.4. The van der Waals surface area contributed by atoms with Crippen molar-refractivity contribution in [3.8, 4) is 5.75 Å². The lowest BCUT2D eigenvalue weighted by Crippen LogP contribution is -2.48. The highest BCUT2D eigenvalue weighted by Gasteiger charge is 2.19. The SMILES string of the molecule is COc1ccc(CCC(=O)N2CCN(C=O)CC2)cc1. The summed E-state index contributed by atoms with van der Waals surface area (Å²) in [4.78, 5) is 26.2. The average molecular weight is 276 g/mol. The number of hydrogen-bond donors (Lipinski definition) is 0. The molecule has 0 unspecified atom stereocenters. The second kappa shape index (κ2) is 6.93. The number of methoxy groups -OCH3 is 1. The second-order valence-electron chi connectivity index (χ2n) is 4.87. The molecule has 108 valence electrons. The van der Waals surface area contributed by atoms with Crippen LogP contribution >= 0.6 is 0 Å². The summed E-state index contributed by atoms with van der Waals surface area (Å²) in [6.07, 6.45) is 2.09. The number of carbonyl (C=O) groups excluding carboxylic acids is 2. The normalized spacial score (nSPS) is 15.1. The largest absolute Gasteiger partial charge is 0.497 e. The molecule has 0 saturated carbocycles. The first-order chi connectivity index (χ1) is 9.72. The number of aryl methyl sites for hydroxylation is 1. The summed E-state index contributed by atoms with van der Waals surface area (Å²) in [5, 5.41) is 0. The van der Waals surface area contributed by atoms with Gasteiger partial charge in [-0.1, -0.05) is 12.1 Å². The number of nitrogens with zero attached hydrogens (tertiary/aromatic N) is 2. The zero-order valence-corrected chi connectivity index (χ0v) is 11.7. The first-order valence-corrected chi connectivity index (χ1v) is 6.83. The van der Waals surface area contributed by atoms with Gasteiger partial charge in [-0.3, -0.25) is 9.59 Å². The number of piperazine rings is 1. The van der Waals surface area contributed by atoms with Gasteiger partial charge in [0.25, 0.3) is 0 Å². The van der Waals surface area contributed by atoms with Crippen molar-refractivity contribution in [2.75, 3.05) is 33.3 Å².